The second kappa shape index (κ2) is 2.83. The molecule has 1 atom stereocenters. The number of hydrogen-bond acceptors (Lipinski definition) is 0. The molecule has 1 aromatic carbocycles. The summed E-state index contributed by atoms with van der Waals surface area (Å²) in [5.41, 5.74) is -0.422. The molecule has 1 unspecified atom stereocenters. The van der Waals surface area contributed by atoms with Crippen molar-refractivity contribution < 1.29 is 17.6 Å². The van der Waals surface area contributed by atoms with Gasteiger partial charge in [-0.1, -0.05) is 13.0 Å². The molecule has 0 radical (unpaired) electrons. The first-order valence-electron chi connectivity index (χ1n) is 4.07. The smallest absolute Gasteiger partial charge is 0.169 e. The van der Waals surface area contributed by atoms with Crippen molar-refractivity contribution >= 4 is 5.83 Å². The fourth-order valence-corrected chi connectivity index (χ4v) is 1.60. The zero-order valence-corrected chi connectivity index (χ0v) is 7.24. The molecule has 0 aromatic heterocycles. The van der Waals surface area contributed by atoms with Gasteiger partial charge in [-0.25, -0.2) is 17.6 Å². The summed E-state index contributed by atoms with van der Waals surface area (Å²) in [6.07, 6.45) is 0. The van der Waals surface area contributed by atoms with Crippen molar-refractivity contribution in [1.29, 1.82) is 0 Å². The highest BCUT2D eigenvalue weighted by molar-refractivity contribution is 5.72. The van der Waals surface area contributed by atoms with Gasteiger partial charge in [0.2, 0.25) is 0 Å². The molecule has 14 heavy (non-hydrogen) atoms. The van der Waals surface area contributed by atoms with Gasteiger partial charge in [-0.05, 0) is 11.6 Å². The maximum Gasteiger partial charge on any atom is 0.169 e. The summed E-state index contributed by atoms with van der Waals surface area (Å²) in [5.74, 6) is -5.64. The Balaban J connectivity index is 2.75. The average Bonchev–Trinajstić information content (AvgIpc) is 2.38. The molecule has 0 nitrogen and oxygen atoms in total. The van der Waals surface area contributed by atoms with Gasteiger partial charge >= 0.3 is 0 Å². The Kier molecular flexibility index (Phi) is 1.87. The highest BCUT2D eigenvalue weighted by atomic mass is 19.2. The van der Waals surface area contributed by atoms with E-state index in [1.54, 1.807) is 0 Å². The summed E-state index contributed by atoms with van der Waals surface area (Å²) in [7, 11) is 0. The van der Waals surface area contributed by atoms with E-state index >= 15 is 0 Å². The van der Waals surface area contributed by atoms with E-state index in [-0.39, 0.29) is 5.56 Å². The molecule has 0 fully saturated rings. The van der Waals surface area contributed by atoms with Gasteiger partial charge in [0.05, 0.1) is 5.56 Å². The van der Waals surface area contributed by atoms with E-state index < -0.39 is 34.8 Å². The van der Waals surface area contributed by atoms with Crippen LogP contribution in [0.4, 0.5) is 17.6 Å². The molecule has 0 amide bonds. The number of halogens is 4. The minimum absolute atomic E-state index is 0.152. The van der Waals surface area contributed by atoms with Crippen LogP contribution in [-0.2, 0) is 0 Å². The summed E-state index contributed by atoms with van der Waals surface area (Å²) >= 11 is 0. The van der Waals surface area contributed by atoms with Crippen molar-refractivity contribution in [1.82, 2.24) is 0 Å². The topological polar surface area (TPSA) is 0 Å². The van der Waals surface area contributed by atoms with E-state index in [0.717, 1.165) is 6.07 Å². The normalized spacial score (nSPS) is 20.2. The Bertz CT molecular complexity index is 434. The molecule has 0 saturated heterocycles. The second-order valence-electron chi connectivity index (χ2n) is 3.21. The van der Waals surface area contributed by atoms with Crippen LogP contribution in [-0.4, -0.2) is 0 Å². The summed E-state index contributed by atoms with van der Waals surface area (Å²) in [6, 6.07) is 2.07. The largest absolute Gasteiger partial charge is 0.208 e. The van der Waals surface area contributed by atoms with E-state index in [1.807, 2.05) is 0 Å². The Labute approximate surface area is 77.9 Å². The van der Waals surface area contributed by atoms with Gasteiger partial charge in [0, 0.05) is 5.92 Å². The summed E-state index contributed by atoms with van der Waals surface area (Å²) < 4.78 is 51.9. The number of fused-ring (bicyclic) bond motifs is 1. The van der Waals surface area contributed by atoms with Gasteiger partial charge in [0.25, 0.3) is 0 Å². The molecule has 1 aliphatic rings. The van der Waals surface area contributed by atoms with Crippen LogP contribution in [0.5, 0.6) is 0 Å². The van der Waals surface area contributed by atoms with E-state index in [4.69, 9.17) is 0 Å². The van der Waals surface area contributed by atoms with Gasteiger partial charge in [0.15, 0.2) is 17.5 Å². The van der Waals surface area contributed by atoms with Gasteiger partial charge in [-0.15, -0.1) is 0 Å². The highest BCUT2D eigenvalue weighted by Crippen LogP contribution is 2.44. The van der Waals surface area contributed by atoms with Crippen LogP contribution in [0.25, 0.3) is 5.83 Å². The average molecular weight is 202 g/mol. The van der Waals surface area contributed by atoms with Crippen molar-refractivity contribution in [2.24, 2.45) is 0 Å². The SMILES string of the molecule is CC1C(F)=C(F)c2c1ccc(F)c2F. The van der Waals surface area contributed by atoms with E-state index in [1.165, 1.54) is 13.0 Å². The zero-order valence-electron chi connectivity index (χ0n) is 7.24. The van der Waals surface area contributed by atoms with Crippen LogP contribution >= 0.6 is 0 Å². The quantitative estimate of drug-likeness (QED) is 0.563. The number of benzene rings is 1. The molecule has 74 valence electrons. The predicted molar refractivity (Wildman–Crippen MR) is 43.9 cm³/mol. The first-order valence-corrected chi connectivity index (χ1v) is 4.07. The first kappa shape index (κ1) is 9.24. The van der Waals surface area contributed by atoms with Crippen LogP contribution < -0.4 is 0 Å². The second-order valence-corrected chi connectivity index (χ2v) is 3.21. The molecule has 0 spiro atoms. The summed E-state index contributed by atoms with van der Waals surface area (Å²) in [4.78, 5) is 0. The first-order chi connectivity index (χ1) is 6.54. The monoisotopic (exact) mass is 202 g/mol. The molecule has 0 bridgehead atoms. The Morgan fingerprint density at radius 2 is 1.71 bits per heavy atom. The third-order valence-corrected chi connectivity index (χ3v) is 2.40. The van der Waals surface area contributed by atoms with E-state index in [9.17, 15) is 17.6 Å². The Morgan fingerprint density at radius 1 is 1.07 bits per heavy atom. The van der Waals surface area contributed by atoms with E-state index in [0.29, 0.717) is 0 Å². The predicted octanol–water partition coefficient (Wildman–Crippen LogP) is 3.69. The van der Waals surface area contributed by atoms with Crippen LogP contribution in [0.15, 0.2) is 18.0 Å². The van der Waals surface area contributed by atoms with Crippen molar-refractivity contribution in [2.75, 3.05) is 0 Å². The lowest BCUT2D eigenvalue weighted by Gasteiger charge is -2.04. The van der Waals surface area contributed by atoms with Crippen LogP contribution in [0.3, 0.4) is 0 Å². The third-order valence-electron chi connectivity index (χ3n) is 2.40. The Morgan fingerprint density at radius 3 is 2.36 bits per heavy atom. The zero-order chi connectivity index (χ0) is 10.5. The molecule has 2 rings (SSSR count). The van der Waals surface area contributed by atoms with Crippen LogP contribution in [0, 0.1) is 11.6 Å². The molecular formula is C10H6F4. The molecule has 1 aromatic rings. The lowest BCUT2D eigenvalue weighted by molar-refractivity contribution is 0.502. The molecule has 0 aliphatic heterocycles. The van der Waals surface area contributed by atoms with E-state index in [2.05, 4.69) is 0 Å². The third kappa shape index (κ3) is 0.997. The van der Waals surface area contributed by atoms with Crippen molar-refractivity contribution in [2.45, 2.75) is 12.8 Å². The van der Waals surface area contributed by atoms with Crippen molar-refractivity contribution in [3.8, 4) is 0 Å². The molecule has 0 saturated carbocycles. The number of rotatable bonds is 0. The van der Waals surface area contributed by atoms with Crippen LogP contribution in [0.2, 0.25) is 0 Å². The Hall–Kier alpha value is -1.32. The fraction of sp³-hybridized carbons (Fsp3) is 0.200. The maximum absolute atomic E-state index is 13.1. The molecule has 1 aliphatic carbocycles. The van der Waals surface area contributed by atoms with Crippen molar-refractivity contribution in [3.63, 3.8) is 0 Å². The minimum Gasteiger partial charge on any atom is -0.208 e. The molecular weight excluding hydrogens is 196 g/mol. The lowest BCUT2D eigenvalue weighted by atomic mass is 10.0. The van der Waals surface area contributed by atoms with Gasteiger partial charge in [0.1, 0.15) is 5.83 Å². The standard InChI is InChI=1S/C10H6F4/c1-4-5-2-3-6(11)9(13)7(5)10(14)8(4)12/h2-4H,1H3. The highest BCUT2D eigenvalue weighted by Gasteiger charge is 2.32. The minimum atomic E-state index is -1.32. The lowest BCUT2D eigenvalue weighted by Crippen LogP contribution is -1.95. The summed E-state index contributed by atoms with van der Waals surface area (Å²) in [6.45, 7) is 1.40. The van der Waals surface area contributed by atoms with Gasteiger partial charge in [-0.3, -0.25) is 0 Å². The molecule has 4 heteroatoms. The molecule has 0 heterocycles. The summed E-state index contributed by atoms with van der Waals surface area (Å²) in [5, 5.41) is 0. The fourth-order valence-electron chi connectivity index (χ4n) is 1.60. The van der Waals surface area contributed by atoms with Gasteiger partial charge in [-0.2, -0.15) is 0 Å². The number of hydrogen-bond donors (Lipinski definition) is 0. The molecule has 0 N–H and O–H groups in total. The number of allylic oxidation sites excluding steroid dienone is 1. The maximum atomic E-state index is 13.1. The van der Waals surface area contributed by atoms with Crippen molar-refractivity contribution in [3.05, 3.63) is 40.7 Å². The van der Waals surface area contributed by atoms with Gasteiger partial charge < -0.3 is 0 Å². The van der Waals surface area contributed by atoms with Crippen LogP contribution in [0.1, 0.15) is 24.0 Å².